The lowest BCUT2D eigenvalue weighted by atomic mass is 9.84. The molecule has 1 heterocycles. The standard InChI is InChI=1S/C15H20ClFN2/c16-12-4-1-5-13(17)14(12)15-10(9-18)3-2-8-19(15)11-6-7-11/h1,4-5,10-11,15H,2-3,6-9,18H2. The van der Waals surface area contributed by atoms with Crippen LogP contribution in [0, 0.1) is 11.7 Å². The molecule has 1 saturated carbocycles. The summed E-state index contributed by atoms with van der Waals surface area (Å²) in [5.41, 5.74) is 6.58. The molecule has 1 aromatic carbocycles. The van der Waals surface area contributed by atoms with Gasteiger partial charge in [0.2, 0.25) is 0 Å². The van der Waals surface area contributed by atoms with Crippen molar-refractivity contribution in [3.8, 4) is 0 Å². The number of hydrogen-bond acceptors (Lipinski definition) is 2. The lowest BCUT2D eigenvalue weighted by Gasteiger charge is -2.42. The molecule has 1 aliphatic carbocycles. The average molecular weight is 283 g/mol. The molecule has 2 atom stereocenters. The van der Waals surface area contributed by atoms with E-state index in [1.165, 1.54) is 18.9 Å². The van der Waals surface area contributed by atoms with E-state index in [9.17, 15) is 4.39 Å². The van der Waals surface area contributed by atoms with Gasteiger partial charge in [-0.25, -0.2) is 4.39 Å². The molecule has 0 radical (unpaired) electrons. The van der Waals surface area contributed by atoms with E-state index in [-0.39, 0.29) is 11.9 Å². The summed E-state index contributed by atoms with van der Waals surface area (Å²) >= 11 is 6.27. The minimum absolute atomic E-state index is 0.0555. The van der Waals surface area contributed by atoms with Crippen LogP contribution in [0.1, 0.15) is 37.3 Å². The number of nitrogens with zero attached hydrogens (tertiary/aromatic N) is 1. The fourth-order valence-corrected chi connectivity index (χ4v) is 3.64. The average Bonchev–Trinajstić information content (AvgIpc) is 3.23. The van der Waals surface area contributed by atoms with E-state index >= 15 is 0 Å². The molecule has 0 amide bonds. The predicted octanol–water partition coefficient (Wildman–Crippen LogP) is 3.35. The normalized spacial score (nSPS) is 28.6. The Bertz CT molecular complexity index is 441. The van der Waals surface area contributed by atoms with Gasteiger partial charge in [0.25, 0.3) is 0 Å². The molecule has 104 valence electrons. The van der Waals surface area contributed by atoms with Crippen LogP contribution in [0.2, 0.25) is 5.02 Å². The largest absolute Gasteiger partial charge is 0.330 e. The maximum atomic E-state index is 14.2. The Kier molecular flexibility index (Phi) is 3.79. The Balaban J connectivity index is 2.00. The van der Waals surface area contributed by atoms with Crippen LogP contribution in [0.3, 0.4) is 0 Å². The van der Waals surface area contributed by atoms with Gasteiger partial charge in [-0.15, -0.1) is 0 Å². The predicted molar refractivity (Wildman–Crippen MR) is 75.7 cm³/mol. The van der Waals surface area contributed by atoms with E-state index < -0.39 is 0 Å². The summed E-state index contributed by atoms with van der Waals surface area (Å²) in [5, 5.41) is 0.538. The van der Waals surface area contributed by atoms with Gasteiger partial charge < -0.3 is 5.73 Å². The van der Waals surface area contributed by atoms with Crippen LogP contribution in [0.4, 0.5) is 4.39 Å². The summed E-state index contributed by atoms with van der Waals surface area (Å²) in [7, 11) is 0. The molecule has 0 aromatic heterocycles. The molecule has 2 N–H and O–H groups in total. The second-order valence-corrected chi connectivity index (χ2v) is 6.09. The van der Waals surface area contributed by atoms with Crippen molar-refractivity contribution < 1.29 is 4.39 Å². The van der Waals surface area contributed by atoms with Crippen molar-refractivity contribution in [3.63, 3.8) is 0 Å². The van der Waals surface area contributed by atoms with Crippen LogP contribution in [0.25, 0.3) is 0 Å². The van der Waals surface area contributed by atoms with E-state index in [1.54, 1.807) is 12.1 Å². The van der Waals surface area contributed by atoms with Gasteiger partial charge in [-0.05, 0) is 56.8 Å². The van der Waals surface area contributed by atoms with E-state index in [0.717, 1.165) is 19.4 Å². The van der Waals surface area contributed by atoms with Gasteiger partial charge in [-0.3, -0.25) is 4.90 Å². The molecular weight excluding hydrogens is 263 g/mol. The number of piperidine rings is 1. The SMILES string of the molecule is NCC1CCCN(C2CC2)C1c1c(F)cccc1Cl. The minimum atomic E-state index is -0.191. The highest BCUT2D eigenvalue weighted by Crippen LogP contribution is 2.45. The van der Waals surface area contributed by atoms with Crippen molar-refractivity contribution in [2.24, 2.45) is 11.7 Å². The van der Waals surface area contributed by atoms with E-state index in [0.29, 0.717) is 29.1 Å². The van der Waals surface area contributed by atoms with Gasteiger partial charge in [0.15, 0.2) is 0 Å². The summed E-state index contributed by atoms with van der Waals surface area (Å²) in [6, 6.07) is 5.62. The first kappa shape index (κ1) is 13.3. The number of halogens is 2. The molecule has 2 fully saturated rings. The first-order valence-electron chi connectivity index (χ1n) is 7.12. The van der Waals surface area contributed by atoms with Crippen molar-refractivity contribution in [2.75, 3.05) is 13.1 Å². The van der Waals surface area contributed by atoms with Gasteiger partial charge in [0.1, 0.15) is 5.82 Å². The van der Waals surface area contributed by atoms with Crippen molar-refractivity contribution in [2.45, 2.75) is 37.8 Å². The third-order valence-corrected chi connectivity index (χ3v) is 4.74. The van der Waals surface area contributed by atoms with Crippen LogP contribution in [0.15, 0.2) is 18.2 Å². The number of hydrogen-bond donors (Lipinski definition) is 1. The lowest BCUT2D eigenvalue weighted by molar-refractivity contribution is 0.0854. The Morgan fingerprint density at radius 2 is 2.11 bits per heavy atom. The fourth-order valence-electron chi connectivity index (χ4n) is 3.36. The number of likely N-dealkylation sites (tertiary alicyclic amines) is 1. The highest BCUT2D eigenvalue weighted by Gasteiger charge is 2.41. The molecule has 2 unspecified atom stereocenters. The zero-order valence-electron chi connectivity index (χ0n) is 11.0. The zero-order chi connectivity index (χ0) is 13.4. The van der Waals surface area contributed by atoms with Crippen molar-refractivity contribution in [1.82, 2.24) is 4.90 Å². The molecule has 0 bridgehead atoms. The van der Waals surface area contributed by atoms with Crippen LogP contribution in [0.5, 0.6) is 0 Å². The van der Waals surface area contributed by atoms with Gasteiger partial charge >= 0.3 is 0 Å². The first-order chi connectivity index (χ1) is 9.22. The van der Waals surface area contributed by atoms with Gasteiger partial charge in [-0.1, -0.05) is 17.7 Å². The summed E-state index contributed by atoms with van der Waals surface area (Å²) in [5.74, 6) is 0.118. The Labute approximate surface area is 118 Å². The first-order valence-corrected chi connectivity index (χ1v) is 7.50. The number of rotatable bonds is 3. The molecule has 0 spiro atoms. The van der Waals surface area contributed by atoms with Crippen molar-refractivity contribution in [3.05, 3.63) is 34.6 Å². The second-order valence-electron chi connectivity index (χ2n) is 5.69. The lowest BCUT2D eigenvalue weighted by Crippen LogP contribution is -2.43. The van der Waals surface area contributed by atoms with Crippen LogP contribution >= 0.6 is 11.6 Å². The third-order valence-electron chi connectivity index (χ3n) is 4.41. The topological polar surface area (TPSA) is 29.3 Å². The molecule has 2 aliphatic rings. The highest BCUT2D eigenvalue weighted by atomic mass is 35.5. The van der Waals surface area contributed by atoms with Crippen molar-refractivity contribution >= 4 is 11.6 Å². The Morgan fingerprint density at radius 3 is 2.74 bits per heavy atom. The highest BCUT2D eigenvalue weighted by molar-refractivity contribution is 6.31. The van der Waals surface area contributed by atoms with Crippen LogP contribution < -0.4 is 5.73 Å². The van der Waals surface area contributed by atoms with Gasteiger partial charge in [0.05, 0.1) is 0 Å². The van der Waals surface area contributed by atoms with Gasteiger partial charge in [-0.2, -0.15) is 0 Å². The monoisotopic (exact) mass is 282 g/mol. The molecule has 19 heavy (non-hydrogen) atoms. The summed E-state index contributed by atoms with van der Waals surface area (Å²) in [6.07, 6.45) is 4.66. The van der Waals surface area contributed by atoms with E-state index in [2.05, 4.69) is 4.90 Å². The number of nitrogens with two attached hydrogens (primary N) is 1. The molecule has 4 heteroatoms. The molecule has 3 rings (SSSR count). The summed E-state index contributed by atoms with van der Waals surface area (Å²) < 4.78 is 14.2. The summed E-state index contributed by atoms with van der Waals surface area (Å²) in [6.45, 7) is 1.63. The Morgan fingerprint density at radius 1 is 1.32 bits per heavy atom. The minimum Gasteiger partial charge on any atom is -0.330 e. The molecule has 1 aliphatic heterocycles. The van der Waals surface area contributed by atoms with E-state index in [1.807, 2.05) is 0 Å². The Hall–Kier alpha value is -0.640. The quantitative estimate of drug-likeness (QED) is 0.921. The maximum Gasteiger partial charge on any atom is 0.129 e. The maximum absolute atomic E-state index is 14.2. The third kappa shape index (κ3) is 2.51. The zero-order valence-corrected chi connectivity index (χ0v) is 11.7. The second kappa shape index (κ2) is 5.39. The molecule has 1 saturated heterocycles. The van der Waals surface area contributed by atoms with Crippen LogP contribution in [-0.4, -0.2) is 24.0 Å². The van der Waals surface area contributed by atoms with Crippen LogP contribution in [-0.2, 0) is 0 Å². The summed E-state index contributed by atoms with van der Waals surface area (Å²) in [4.78, 5) is 2.44. The molecule has 1 aromatic rings. The van der Waals surface area contributed by atoms with E-state index in [4.69, 9.17) is 17.3 Å². The molecular formula is C15H20ClFN2. The smallest absolute Gasteiger partial charge is 0.129 e. The molecule has 2 nitrogen and oxygen atoms in total. The fraction of sp³-hybridized carbons (Fsp3) is 0.600. The van der Waals surface area contributed by atoms with Crippen molar-refractivity contribution in [1.29, 1.82) is 0 Å². The van der Waals surface area contributed by atoms with Gasteiger partial charge in [0, 0.05) is 22.7 Å². The number of benzene rings is 1.